The number of hydrogen-bond acceptors (Lipinski definition) is 6. The molecule has 0 saturated carbocycles. The van der Waals surface area contributed by atoms with Crippen LogP contribution in [0.5, 0.6) is 0 Å². The number of benzene rings is 3. The van der Waals surface area contributed by atoms with Crippen LogP contribution < -0.4 is 5.32 Å². The number of carbonyl (C=O) groups excluding carboxylic acids is 1. The molecule has 4 heterocycles. The molecule has 0 aliphatic carbocycles. The summed E-state index contributed by atoms with van der Waals surface area (Å²) in [5.74, 6) is 1.29. The molecule has 4 aromatic rings. The topological polar surface area (TPSA) is 77.2 Å². The first-order valence-electron chi connectivity index (χ1n) is 13.1. The number of hydrogen-bond donors (Lipinski definition) is 1. The minimum atomic E-state index is -0.582. The SMILES string of the molecule is C.O=C(O[C@H]1C[N+]2(Cc3noc(-c4ccc(Cl)cc4)n3)CCC1CC2)[C@H](Nc1ccccc1)c1ccccc1. The summed E-state index contributed by atoms with van der Waals surface area (Å²) in [5, 5.41) is 8.31. The van der Waals surface area contributed by atoms with Gasteiger partial charge in [-0.05, 0) is 42.0 Å². The van der Waals surface area contributed by atoms with Crippen molar-refractivity contribution < 1.29 is 18.5 Å². The maximum absolute atomic E-state index is 13.6. The van der Waals surface area contributed by atoms with E-state index in [0.717, 1.165) is 53.8 Å². The molecule has 8 heteroatoms. The number of para-hydroxylation sites is 1. The van der Waals surface area contributed by atoms with Gasteiger partial charge in [-0.25, -0.2) is 4.79 Å². The van der Waals surface area contributed by atoms with E-state index in [2.05, 4.69) is 15.5 Å². The van der Waals surface area contributed by atoms with Gasteiger partial charge in [0.05, 0.1) is 13.1 Å². The number of ether oxygens (including phenoxy) is 1. The molecule has 2 bridgehead atoms. The van der Waals surface area contributed by atoms with E-state index in [1.54, 1.807) is 0 Å². The number of fused-ring (bicyclic) bond motifs is 3. The van der Waals surface area contributed by atoms with Crippen LogP contribution in [0.3, 0.4) is 0 Å². The van der Waals surface area contributed by atoms with Gasteiger partial charge in [0.15, 0.2) is 12.1 Å². The molecule has 3 aromatic carbocycles. The monoisotopic (exact) mass is 545 g/mol. The number of esters is 1. The number of quaternary nitrogens is 1. The van der Waals surface area contributed by atoms with Gasteiger partial charge >= 0.3 is 5.97 Å². The highest BCUT2D eigenvalue weighted by molar-refractivity contribution is 6.30. The lowest BCUT2D eigenvalue weighted by Crippen LogP contribution is -2.64. The summed E-state index contributed by atoms with van der Waals surface area (Å²) >= 11 is 6.01. The van der Waals surface area contributed by atoms with Crippen LogP contribution in [0.25, 0.3) is 11.5 Å². The van der Waals surface area contributed by atoms with Gasteiger partial charge in [0.1, 0.15) is 13.1 Å². The van der Waals surface area contributed by atoms with Crippen LogP contribution >= 0.6 is 11.6 Å². The second-order valence-electron chi connectivity index (χ2n) is 10.3. The Bertz CT molecular complexity index is 1370. The summed E-state index contributed by atoms with van der Waals surface area (Å²) < 4.78 is 12.6. The number of carbonyl (C=O) groups is 1. The second-order valence-corrected chi connectivity index (χ2v) is 10.8. The maximum Gasteiger partial charge on any atom is 0.333 e. The summed E-state index contributed by atoms with van der Waals surface area (Å²) in [6.07, 6.45) is 1.89. The fourth-order valence-electron chi connectivity index (χ4n) is 5.75. The summed E-state index contributed by atoms with van der Waals surface area (Å²) in [6.45, 7) is 3.46. The molecule has 3 aliphatic heterocycles. The number of aromatic nitrogens is 2. The van der Waals surface area contributed by atoms with Crippen molar-refractivity contribution in [2.75, 3.05) is 25.0 Å². The van der Waals surface area contributed by atoms with Crippen LogP contribution in [0.4, 0.5) is 5.69 Å². The predicted octanol–water partition coefficient (Wildman–Crippen LogP) is 6.53. The van der Waals surface area contributed by atoms with Gasteiger partial charge in [-0.1, -0.05) is 72.7 Å². The largest absolute Gasteiger partial charge is 0.454 e. The lowest BCUT2D eigenvalue weighted by Gasteiger charge is -2.51. The Morgan fingerprint density at radius 1 is 1.00 bits per heavy atom. The minimum absolute atomic E-state index is 0. The number of nitrogens with zero attached hydrogens (tertiary/aromatic N) is 3. The van der Waals surface area contributed by atoms with Gasteiger partial charge in [-0.2, -0.15) is 4.98 Å². The standard InChI is InChI=1S/C30H30ClN4O3.CH4/c31-24-13-11-23(12-14-24)29-33-27(34-38-29)20-35-17-15-21(16-18-35)26(19-35)37-30(36)28(22-7-3-1-4-8-22)32-25-9-5-2-6-10-25;/h1-14,21,26,28,32H,15-20H2;1H4/q+1;/t21?,26-,28+,35?;/m0./s1. The van der Waals surface area contributed by atoms with Crippen LogP contribution in [-0.2, 0) is 16.1 Å². The molecule has 3 saturated heterocycles. The molecule has 2 atom stereocenters. The Morgan fingerprint density at radius 3 is 2.36 bits per heavy atom. The van der Waals surface area contributed by atoms with Crippen LogP contribution in [0, 0.1) is 5.92 Å². The first kappa shape index (κ1) is 26.9. The van der Waals surface area contributed by atoms with E-state index in [1.165, 1.54) is 0 Å². The molecule has 202 valence electrons. The quantitative estimate of drug-likeness (QED) is 0.200. The van der Waals surface area contributed by atoms with Gasteiger partial charge in [-0.3, -0.25) is 0 Å². The number of rotatable bonds is 8. The highest BCUT2D eigenvalue weighted by Crippen LogP contribution is 2.38. The van der Waals surface area contributed by atoms with Crippen molar-refractivity contribution in [2.45, 2.75) is 39.0 Å². The van der Waals surface area contributed by atoms with Gasteiger partial charge in [0.25, 0.3) is 5.89 Å². The Hall–Kier alpha value is -3.68. The first-order valence-corrected chi connectivity index (χ1v) is 13.5. The molecule has 39 heavy (non-hydrogen) atoms. The highest BCUT2D eigenvalue weighted by Gasteiger charge is 2.48. The fourth-order valence-corrected chi connectivity index (χ4v) is 5.87. The van der Waals surface area contributed by atoms with Crippen LogP contribution in [0.2, 0.25) is 5.02 Å². The van der Waals surface area contributed by atoms with Crippen molar-refractivity contribution in [2.24, 2.45) is 5.92 Å². The summed E-state index contributed by atoms with van der Waals surface area (Å²) in [4.78, 5) is 18.3. The van der Waals surface area contributed by atoms with Crippen molar-refractivity contribution in [3.05, 3.63) is 101 Å². The van der Waals surface area contributed by atoms with Crippen LogP contribution in [0.1, 0.15) is 37.7 Å². The average molecular weight is 546 g/mol. The van der Waals surface area contributed by atoms with Crippen LogP contribution in [-0.4, -0.2) is 46.3 Å². The number of nitrogens with one attached hydrogen (secondary N) is 1. The predicted molar refractivity (Wildman–Crippen MR) is 152 cm³/mol. The molecule has 0 unspecified atom stereocenters. The lowest BCUT2D eigenvalue weighted by molar-refractivity contribution is -0.958. The molecule has 3 fully saturated rings. The smallest absolute Gasteiger partial charge is 0.333 e. The molecular weight excluding hydrogens is 512 g/mol. The molecular formula is C31H34ClN4O3+. The zero-order chi connectivity index (χ0) is 26.0. The second kappa shape index (κ2) is 11.6. The Balaban J connectivity index is 0.00000308. The van der Waals surface area contributed by atoms with Gasteiger partial charge in [-0.15, -0.1) is 0 Å². The Kier molecular flexibility index (Phi) is 8.00. The fraction of sp³-hybridized carbons (Fsp3) is 0.323. The Labute approximate surface area is 234 Å². The van der Waals surface area contributed by atoms with E-state index >= 15 is 0 Å². The van der Waals surface area contributed by atoms with E-state index in [0.29, 0.717) is 29.2 Å². The molecule has 7 rings (SSSR count). The van der Waals surface area contributed by atoms with Crippen molar-refractivity contribution in [3.63, 3.8) is 0 Å². The van der Waals surface area contributed by atoms with Crippen molar-refractivity contribution in [3.8, 4) is 11.5 Å². The van der Waals surface area contributed by atoms with Crippen LogP contribution in [0.15, 0.2) is 89.5 Å². The zero-order valence-electron chi connectivity index (χ0n) is 21.0. The molecule has 3 aliphatic rings. The molecule has 0 spiro atoms. The summed E-state index contributed by atoms with van der Waals surface area (Å²) in [5.41, 5.74) is 2.60. The first-order chi connectivity index (χ1) is 18.6. The lowest BCUT2D eigenvalue weighted by atomic mass is 9.83. The number of anilines is 1. The van der Waals surface area contributed by atoms with E-state index < -0.39 is 6.04 Å². The van der Waals surface area contributed by atoms with Crippen molar-refractivity contribution in [1.29, 1.82) is 0 Å². The summed E-state index contributed by atoms with van der Waals surface area (Å²) in [7, 11) is 0. The third-order valence-corrected chi connectivity index (χ3v) is 8.05. The third kappa shape index (κ3) is 6.00. The molecule has 1 N–H and O–H groups in total. The zero-order valence-corrected chi connectivity index (χ0v) is 21.8. The highest BCUT2D eigenvalue weighted by atomic mass is 35.5. The van der Waals surface area contributed by atoms with Crippen molar-refractivity contribution >= 4 is 23.3 Å². The van der Waals surface area contributed by atoms with Crippen molar-refractivity contribution in [1.82, 2.24) is 10.1 Å². The average Bonchev–Trinajstić information content (AvgIpc) is 3.41. The maximum atomic E-state index is 13.6. The number of halogens is 1. The molecule has 1 aromatic heterocycles. The third-order valence-electron chi connectivity index (χ3n) is 7.80. The minimum Gasteiger partial charge on any atom is -0.454 e. The normalized spacial score (nSPS) is 22.5. The number of piperidine rings is 3. The van der Waals surface area contributed by atoms with Gasteiger partial charge in [0.2, 0.25) is 5.82 Å². The van der Waals surface area contributed by atoms with E-state index in [1.807, 2.05) is 84.9 Å². The molecule has 0 amide bonds. The molecule has 7 nitrogen and oxygen atoms in total. The van der Waals surface area contributed by atoms with Gasteiger partial charge in [0, 0.05) is 35.0 Å². The van der Waals surface area contributed by atoms with E-state index in [4.69, 9.17) is 20.9 Å². The van der Waals surface area contributed by atoms with Gasteiger partial charge < -0.3 is 19.1 Å². The van der Waals surface area contributed by atoms with E-state index in [-0.39, 0.29) is 19.5 Å². The molecule has 0 radical (unpaired) electrons. The Morgan fingerprint density at radius 2 is 1.67 bits per heavy atom. The summed E-state index contributed by atoms with van der Waals surface area (Å²) in [6, 6.07) is 26.3. The van der Waals surface area contributed by atoms with E-state index in [9.17, 15) is 4.79 Å².